The van der Waals surface area contributed by atoms with Crippen molar-refractivity contribution in [2.24, 2.45) is 5.73 Å². The van der Waals surface area contributed by atoms with Gasteiger partial charge >= 0.3 is 0 Å². The van der Waals surface area contributed by atoms with Gasteiger partial charge in [0, 0.05) is 25.6 Å². The minimum atomic E-state index is -0.505. The molecule has 0 aliphatic rings. The maximum Gasteiger partial charge on any atom is 0.248 e. The van der Waals surface area contributed by atoms with Crippen LogP contribution in [0.4, 0.5) is 11.4 Å². The highest BCUT2D eigenvalue weighted by molar-refractivity contribution is 5.94. The van der Waals surface area contributed by atoms with Crippen molar-refractivity contribution in [3.05, 3.63) is 23.8 Å². The van der Waals surface area contributed by atoms with Gasteiger partial charge in [-0.2, -0.15) is 0 Å². The Morgan fingerprint density at radius 1 is 1.29 bits per heavy atom. The second-order valence-electron chi connectivity index (χ2n) is 3.58. The summed E-state index contributed by atoms with van der Waals surface area (Å²) >= 11 is 0. The third-order valence-electron chi connectivity index (χ3n) is 2.15. The van der Waals surface area contributed by atoms with Gasteiger partial charge in [0.25, 0.3) is 0 Å². The smallest absolute Gasteiger partial charge is 0.248 e. The lowest BCUT2D eigenvalue weighted by molar-refractivity contribution is -0.118. The molecule has 6 heteroatoms. The van der Waals surface area contributed by atoms with Gasteiger partial charge in [0.05, 0.1) is 11.4 Å². The first-order valence-corrected chi connectivity index (χ1v) is 5.18. The third-order valence-corrected chi connectivity index (χ3v) is 2.15. The molecule has 0 unspecified atom stereocenters. The average Bonchev–Trinajstić information content (AvgIpc) is 2.25. The van der Waals surface area contributed by atoms with Crippen LogP contribution in [0.5, 0.6) is 0 Å². The number of amides is 2. The van der Waals surface area contributed by atoms with Crippen LogP contribution in [0.3, 0.4) is 0 Å². The van der Waals surface area contributed by atoms with Crippen LogP contribution in [-0.4, -0.2) is 24.9 Å². The van der Waals surface area contributed by atoms with Gasteiger partial charge in [-0.05, 0) is 18.2 Å². The van der Waals surface area contributed by atoms with E-state index in [1.165, 1.54) is 6.92 Å². The lowest BCUT2D eigenvalue weighted by Gasteiger charge is -2.10. The van der Waals surface area contributed by atoms with Crippen LogP contribution >= 0.6 is 0 Å². The van der Waals surface area contributed by atoms with E-state index in [4.69, 9.17) is 11.5 Å². The summed E-state index contributed by atoms with van der Waals surface area (Å²) in [6.45, 7) is 2.45. The molecule has 0 bridgehead atoms. The summed E-state index contributed by atoms with van der Waals surface area (Å²) in [6.07, 6.45) is 0. The normalized spacial score (nSPS) is 9.71. The maximum atomic E-state index is 11.0. The first-order chi connectivity index (χ1) is 8.00. The summed E-state index contributed by atoms with van der Waals surface area (Å²) in [5, 5.41) is 5.65. The summed E-state index contributed by atoms with van der Waals surface area (Å²) in [5.74, 6) is -0.597. The number of carbonyl (C=O) groups excluding carboxylic acids is 2. The second kappa shape index (κ2) is 5.74. The Bertz CT molecular complexity index is 431. The molecule has 0 aliphatic heterocycles. The van der Waals surface area contributed by atoms with Gasteiger partial charge in [-0.25, -0.2) is 0 Å². The lowest BCUT2D eigenvalue weighted by atomic mass is 10.1. The van der Waals surface area contributed by atoms with E-state index in [-0.39, 0.29) is 5.91 Å². The molecule has 1 aromatic carbocycles. The van der Waals surface area contributed by atoms with Crippen molar-refractivity contribution in [1.29, 1.82) is 0 Å². The summed E-state index contributed by atoms with van der Waals surface area (Å²) in [4.78, 5) is 21.6. The number of nitrogen functional groups attached to an aromatic ring is 1. The predicted octanol–water partition coefficient (Wildman–Crippen LogP) is -0.0843. The maximum absolute atomic E-state index is 11.0. The monoisotopic (exact) mass is 236 g/mol. The Morgan fingerprint density at radius 2 is 2.00 bits per heavy atom. The molecule has 1 rings (SSSR count). The second-order valence-corrected chi connectivity index (χ2v) is 3.58. The standard InChI is InChI=1S/C11H16N4O2/c1-7(16)14-4-5-15-10-6-8(11(13)17)2-3-9(10)12/h2-3,6,15H,4-5,12H2,1H3,(H2,13,17)(H,14,16). The molecule has 0 spiro atoms. The van der Waals surface area contributed by atoms with E-state index in [1.807, 2.05) is 0 Å². The topological polar surface area (TPSA) is 110 Å². The third kappa shape index (κ3) is 4.02. The minimum absolute atomic E-state index is 0.0920. The molecule has 0 heterocycles. The van der Waals surface area contributed by atoms with Crippen molar-refractivity contribution in [2.75, 3.05) is 24.1 Å². The van der Waals surface area contributed by atoms with E-state index in [2.05, 4.69) is 10.6 Å². The first kappa shape index (κ1) is 12.8. The fraction of sp³-hybridized carbons (Fsp3) is 0.273. The summed E-state index contributed by atoms with van der Waals surface area (Å²) in [6, 6.07) is 4.77. The number of carbonyl (C=O) groups is 2. The van der Waals surface area contributed by atoms with Crippen LogP contribution in [0.25, 0.3) is 0 Å². The van der Waals surface area contributed by atoms with Crippen LogP contribution in [0.1, 0.15) is 17.3 Å². The molecular weight excluding hydrogens is 220 g/mol. The Labute approximate surface area is 99.4 Å². The van der Waals surface area contributed by atoms with E-state index >= 15 is 0 Å². The molecule has 0 fully saturated rings. The molecule has 0 saturated heterocycles. The Morgan fingerprint density at radius 3 is 2.59 bits per heavy atom. The largest absolute Gasteiger partial charge is 0.397 e. The van der Waals surface area contributed by atoms with Gasteiger partial charge in [-0.3, -0.25) is 9.59 Å². The fourth-order valence-electron chi connectivity index (χ4n) is 1.30. The van der Waals surface area contributed by atoms with Crippen LogP contribution in [0.15, 0.2) is 18.2 Å². The molecule has 0 saturated carbocycles. The quantitative estimate of drug-likeness (QED) is 0.423. The van der Waals surface area contributed by atoms with Crippen LogP contribution < -0.4 is 22.1 Å². The number of nitrogens with one attached hydrogen (secondary N) is 2. The zero-order valence-corrected chi connectivity index (χ0v) is 9.62. The van der Waals surface area contributed by atoms with Crippen LogP contribution in [0, 0.1) is 0 Å². The number of anilines is 2. The molecular formula is C11H16N4O2. The zero-order valence-electron chi connectivity index (χ0n) is 9.62. The molecule has 1 aromatic rings. The molecule has 6 nitrogen and oxygen atoms in total. The van der Waals surface area contributed by atoms with E-state index in [0.29, 0.717) is 30.0 Å². The van der Waals surface area contributed by atoms with Crippen LogP contribution in [-0.2, 0) is 4.79 Å². The predicted molar refractivity (Wildman–Crippen MR) is 66.5 cm³/mol. The molecule has 92 valence electrons. The van der Waals surface area contributed by atoms with Crippen LogP contribution in [0.2, 0.25) is 0 Å². The van der Waals surface area contributed by atoms with E-state index < -0.39 is 5.91 Å². The van der Waals surface area contributed by atoms with Crippen molar-refractivity contribution in [3.8, 4) is 0 Å². The Hall–Kier alpha value is -2.24. The van der Waals surface area contributed by atoms with Crippen molar-refractivity contribution >= 4 is 23.2 Å². The van der Waals surface area contributed by atoms with Crippen molar-refractivity contribution in [2.45, 2.75) is 6.92 Å². The van der Waals surface area contributed by atoms with E-state index in [9.17, 15) is 9.59 Å². The van der Waals surface area contributed by atoms with E-state index in [1.54, 1.807) is 18.2 Å². The highest BCUT2D eigenvalue weighted by atomic mass is 16.1. The minimum Gasteiger partial charge on any atom is -0.397 e. The number of nitrogens with two attached hydrogens (primary N) is 2. The van der Waals surface area contributed by atoms with Gasteiger partial charge in [-0.15, -0.1) is 0 Å². The summed E-state index contributed by atoms with van der Waals surface area (Å²) in [5.41, 5.74) is 12.4. The summed E-state index contributed by atoms with van der Waals surface area (Å²) < 4.78 is 0. The molecule has 6 N–H and O–H groups in total. The molecule has 17 heavy (non-hydrogen) atoms. The molecule has 0 atom stereocenters. The number of primary amides is 1. The van der Waals surface area contributed by atoms with Gasteiger partial charge in [0.15, 0.2) is 0 Å². The molecule has 0 aliphatic carbocycles. The summed E-state index contributed by atoms with van der Waals surface area (Å²) in [7, 11) is 0. The fourth-order valence-corrected chi connectivity index (χ4v) is 1.30. The molecule has 2 amide bonds. The van der Waals surface area contributed by atoms with Crippen molar-refractivity contribution < 1.29 is 9.59 Å². The van der Waals surface area contributed by atoms with Gasteiger partial charge in [0.1, 0.15) is 0 Å². The number of hydrogen-bond donors (Lipinski definition) is 4. The highest BCUT2D eigenvalue weighted by Gasteiger charge is 2.04. The number of rotatable bonds is 5. The number of benzene rings is 1. The van der Waals surface area contributed by atoms with Gasteiger partial charge in [-0.1, -0.05) is 0 Å². The van der Waals surface area contributed by atoms with Crippen molar-refractivity contribution in [1.82, 2.24) is 5.32 Å². The van der Waals surface area contributed by atoms with Gasteiger partial charge < -0.3 is 22.1 Å². The Kier molecular flexibility index (Phi) is 4.33. The Balaban J connectivity index is 2.60. The average molecular weight is 236 g/mol. The van der Waals surface area contributed by atoms with Crippen molar-refractivity contribution in [3.63, 3.8) is 0 Å². The zero-order chi connectivity index (χ0) is 12.8. The molecule has 0 aromatic heterocycles. The number of hydrogen-bond acceptors (Lipinski definition) is 4. The van der Waals surface area contributed by atoms with E-state index in [0.717, 1.165) is 0 Å². The highest BCUT2D eigenvalue weighted by Crippen LogP contribution is 2.19. The van der Waals surface area contributed by atoms with Gasteiger partial charge in [0.2, 0.25) is 11.8 Å². The molecule has 0 radical (unpaired) electrons. The first-order valence-electron chi connectivity index (χ1n) is 5.18. The SMILES string of the molecule is CC(=O)NCCNc1cc(C(N)=O)ccc1N. The lowest BCUT2D eigenvalue weighted by Crippen LogP contribution is -2.26.